The average molecular weight is 532 g/mol. The van der Waals surface area contributed by atoms with Gasteiger partial charge in [0.1, 0.15) is 0 Å². The van der Waals surface area contributed by atoms with Gasteiger partial charge in [0.25, 0.3) is 0 Å². The number of fused-ring (bicyclic) bond motifs is 3. The zero-order valence-corrected chi connectivity index (χ0v) is 19.6. The quantitative estimate of drug-likeness (QED) is 0.198. The molecular weight excluding hydrogens is 516 g/mol. The zero-order chi connectivity index (χ0) is 21.8. The van der Waals surface area contributed by atoms with Gasteiger partial charge in [-0.1, -0.05) is 0 Å². The van der Waals surface area contributed by atoms with Crippen molar-refractivity contribution in [1.29, 1.82) is 0 Å². The Morgan fingerprint density at radius 3 is 1.87 bits per heavy atom. The van der Waals surface area contributed by atoms with E-state index in [1.165, 1.54) is 20.3 Å². The first-order valence-corrected chi connectivity index (χ1v) is 13.2. The van der Waals surface area contributed by atoms with Crippen molar-refractivity contribution in [3.8, 4) is 0 Å². The van der Waals surface area contributed by atoms with Crippen LogP contribution in [0.15, 0.2) is 90.5 Å². The van der Waals surface area contributed by atoms with Crippen LogP contribution in [0.2, 0.25) is 0 Å². The molecule has 0 fully saturated rings. The molecule has 0 saturated carbocycles. The molecule has 0 amide bonds. The molecule has 5 heteroatoms. The summed E-state index contributed by atoms with van der Waals surface area (Å²) in [5.74, 6) is -0.672. The van der Waals surface area contributed by atoms with Gasteiger partial charge in [-0.15, -0.1) is 0 Å². The minimum atomic E-state index is -0.336. The standard InChI is InChI=1S/C26H15NO2Se2/c28-25-17-7-1-2-8-18(17)26(29)19(25)15-16-13-14-24(30-16)27-20-9-3-5-11-22(20)31-23-12-6-4-10-21(23)27/h1-15H/i15D. The SMILES string of the molecule is [2H]C(=C1C(=O)c2ccccc2C1=O)c1ccc(N2c3ccccc3[Se]c3ccccc32)[se]1. The van der Waals surface area contributed by atoms with Crippen LogP contribution in [0.5, 0.6) is 0 Å². The number of hydrogen-bond donors (Lipinski definition) is 0. The molecule has 6 rings (SSSR count). The molecule has 0 spiro atoms. The van der Waals surface area contributed by atoms with Crippen LogP contribution in [0, 0.1) is 0 Å². The van der Waals surface area contributed by atoms with E-state index in [-0.39, 0.29) is 52.7 Å². The summed E-state index contributed by atoms with van der Waals surface area (Å²) in [7, 11) is 0. The van der Waals surface area contributed by atoms with Crippen LogP contribution in [0.3, 0.4) is 0 Å². The summed E-state index contributed by atoms with van der Waals surface area (Å²) in [6.07, 6.45) is 0. The number of carbonyl (C=O) groups is 2. The predicted octanol–water partition coefficient (Wildman–Crippen LogP) is 3.64. The third-order valence-corrected chi connectivity index (χ3v) is 9.80. The monoisotopic (exact) mass is 534 g/mol. The van der Waals surface area contributed by atoms with E-state index in [2.05, 4.69) is 53.4 Å². The summed E-state index contributed by atoms with van der Waals surface area (Å²) < 4.78 is 13.2. The van der Waals surface area contributed by atoms with E-state index >= 15 is 0 Å². The number of rotatable bonds is 2. The molecule has 0 N–H and O–H groups in total. The number of allylic oxidation sites excluding steroid dienone is 1. The average Bonchev–Trinajstić information content (AvgIpc) is 3.41. The van der Waals surface area contributed by atoms with E-state index in [9.17, 15) is 9.59 Å². The van der Waals surface area contributed by atoms with Crippen molar-refractivity contribution in [2.45, 2.75) is 0 Å². The molecule has 0 radical (unpaired) electrons. The Bertz CT molecular complexity index is 1390. The minimum absolute atomic E-state index is 0.00301. The maximum absolute atomic E-state index is 12.9. The van der Waals surface area contributed by atoms with Crippen LogP contribution in [0.1, 0.15) is 26.5 Å². The summed E-state index contributed by atoms with van der Waals surface area (Å²) in [5.41, 5.74) is 3.15. The van der Waals surface area contributed by atoms with Gasteiger partial charge < -0.3 is 0 Å². The molecule has 148 valence electrons. The fourth-order valence-corrected chi connectivity index (χ4v) is 8.13. The predicted molar refractivity (Wildman–Crippen MR) is 126 cm³/mol. The summed E-state index contributed by atoms with van der Waals surface area (Å²) in [4.78, 5) is 28.0. The molecule has 3 aromatic carbocycles. The molecule has 0 atom stereocenters. The third-order valence-electron chi connectivity index (χ3n) is 5.36. The number of ketones is 2. The van der Waals surface area contributed by atoms with Gasteiger partial charge in [0.15, 0.2) is 0 Å². The number of nitrogens with zero attached hydrogens (tertiary/aromatic N) is 1. The first-order chi connectivity index (χ1) is 15.6. The van der Waals surface area contributed by atoms with Crippen molar-refractivity contribution in [1.82, 2.24) is 0 Å². The molecule has 0 unspecified atom stereocenters. The topological polar surface area (TPSA) is 37.4 Å². The second kappa shape index (κ2) is 7.33. The van der Waals surface area contributed by atoms with Crippen LogP contribution in [-0.2, 0) is 0 Å². The molecule has 1 aliphatic heterocycles. The molecule has 3 nitrogen and oxygen atoms in total. The summed E-state index contributed by atoms with van der Waals surface area (Å²) >= 11 is 0.0348. The number of para-hydroxylation sites is 2. The molecule has 2 aliphatic rings. The van der Waals surface area contributed by atoms with E-state index in [1.54, 1.807) is 24.3 Å². The first kappa shape index (κ1) is 17.7. The fourth-order valence-electron chi connectivity index (χ4n) is 3.95. The number of benzene rings is 3. The van der Waals surface area contributed by atoms with Gasteiger partial charge in [0.2, 0.25) is 0 Å². The molecule has 1 aliphatic carbocycles. The van der Waals surface area contributed by atoms with Crippen molar-refractivity contribution in [2.75, 3.05) is 4.90 Å². The molecule has 0 bridgehead atoms. The van der Waals surface area contributed by atoms with E-state index in [1.807, 2.05) is 12.1 Å². The normalized spacial score (nSPS) is 14.8. The molecule has 31 heavy (non-hydrogen) atoms. The van der Waals surface area contributed by atoms with Crippen molar-refractivity contribution in [3.05, 3.63) is 106 Å². The third kappa shape index (κ3) is 3.02. The fraction of sp³-hybridized carbons (Fsp3) is 0. The van der Waals surface area contributed by atoms with E-state index in [4.69, 9.17) is 1.37 Å². The number of carbonyl (C=O) groups excluding carboxylic acids is 2. The van der Waals surface area contributed by atoms with Crippen LogP contribution in [0.25, 0.3) is 6.05 Å². The van der Waals surface area contributed by atoms with Crippen LogP contribution in [-0.4, -0.2) is 41.0 Å². The van der Waals surface area contributed by atoms with Crippen molar-refractivity contribution in [3.63, 3.8) is 0 Å². The van der Waals surface area contributed by atoms with Gasteiger partial charge in [-0.05, 0) is 0 Å². The van der Waals surface area contributed by atoms with Gasteiger partial charge in [0.05, 0.1) is 0 Å². The molecule has 2 heterocycles. The first-order valence-electron chi connectivity index (χ1n) is 10.3. The van der Waals surface area contributed by atoms with Gasteiger partial charge in [-0.2, -0.15) is 0 Å². The van der Waals surface area contributed by atoms with Gasteiger partial charge in [-0.3, -0.25) is 0 Å². The Morgan fingerprint density at radius 2 is 1.26 bits per heavy atom. The number of Topliss-reactive ketones (excluding diaryl/α,β-unsaturated/α-hetero) is 2. The Balaban J connectivity index is 1.46. The van der Waals surface area contributed by atoms with E-state index in [0.717, 1.165) is 9.00 Å². The molecule has 0 saturated heterocycles. The van der Waals surface area contributed by atoms with E-state index < -0.39 is 0 Å². The summed E-state index contributed by atoms with van der Waals surface area (Å²) in [6, 6.07) is 27.7. The Morgan fingerprint density at radius 1 is 0.710 bits per heavy atom. The van der Waals surface area contributed by atoms with Crippen molar-refractivity contribution >= 4 is 71.9 Å². The molecular formula is C26H15NO2Se2. The van der Waals surface area contributed by atoms with Gasteiger partial charge in [-0.25, -0.2) is 0 Å². The zero-order valence-electron chi connectivity index (χ0n) is 17.2. The molecule has 1 aromatic heterocycles. The maximum atomic E-state index is 12.9. The Kier molecular flexibility index (Phi) is 4.19. The molecule has 4 aromatic rings. The van der Waals surface area contributed by atoms with Crippen molar-refractivity contribution < 1.29 is 11.0 Å². The Labute approximate surface area is 193 Å². The second-order valence-corrected chi connectivity index (χ2v) is 11.7. The summed E-state index contributed by atoms with van der Waals surface area (Å²) in [5, 5.41) is 0. The second-order valence-electron chi connectivity index (χ2n) is 7.21. The van der Waals surface area contributed by atoms with Crippen LogP contribution in [0.4, 0.5) is 15.9 Å². The summed E-state index contributed by atoms with van der Waals surface area (Å²) in [6.45, 7) is 0. The number of hydrogen-bond acceptors (Lipinski definition) is 3. The van der Waals surface area contributed by atoms with Gasteiger partial charge >= 0.3 is 194 Å². The van der Waals surface area contributed by atoms with Crippen molar-refractivity contribution in [2.24, 2.45) is 0 Å². The van der Waals surface area contributed by atoms with Crippen LogP contribution < -0.4 is 13.8 Å². The number of anilines is 3. The van der Waals surface area contributed by atoms with Crippen LogP contribution >= 0.6 is 0 Å². The van der Waals surface area contributed by atoms with Gasteiger partial charge in [0, 0.05) is 0 Å². The Hall–Kier alpha value is -2.94. The van der Waals surface area contributed by atoms with E-state index in [0.29, 0.717) is 11.1 Å².